The normalized spacial score (nSPS) is 17.7. The lowest BCUT2D eigenvalue weighted by atomic mass is 9.80. The average molecular weight is 406 g/mol. The molecule has 2 aromatic carbocycles. The number of carbonyl (C=O) groups is 2. The molecule has 0 bridgehead atoms. The fourth-order valence-corrected chi connectivity index (χ4v) is 4.65. The summed E-state index contributed by atoms with van der Waals surface area (Å²) >= 11 is 1.17. The number of non-ortho nitro benzene ring substituents is 1. The van der Waals surface area contributed by atoms with Crippen LogP contribution in [-0.4, -0.2) is 21.6 Å². The molecule has 0 spiro atoms. The Bertz CT molecular complexity index is 1130. The number of carbonyl (C=O) groups excluding carboxylic acids is 2. The second-order valence-corrected chi connectivity index (χ2v) is 8.07. The predicted molar refractivity (Wildman–Crippen MR) is 113 cm³/mol. The van der Waals surface area contributed by atoms with Crippen molar-refractivity contribution < 1.29 is 14.5 Å². The predicted octanol–water partition coefficient (Wildman–Crippen LogP) is 4.44. The number of allylic oxidation sites excluding steroid dienone is 2. The molecule has 1 N–H and O–H groups in total. The Morgan fingerprint density at radius 1 is 1.17 bits per heavy atom. The lowest BCUT2D eigenvalue weighted by molar-refractivity contribution is -0.384. The Morgan fingerprint density at radius 2 is 1.90 bits per heavy atom. The molecule has 0 aromatic heterocycles. The lowest BCUT2D eigenvalue weighted by Gasteiger charge is -2.29. The molecule has 146 valence electrons. The van der Waals surface area contributed by atoms with E-state index in [1.54, 1.807) is 24.3 Å². The molecule has 1 unspecified atom stereocenters. The minimum atomic E-state index is -0.655. The third-order valence-electron chi connectivity index (χ3n) is 5.16. The largest absolute Gasteiger partial charge is 0.358 e. The molecule has 7 heteroatoms. The molecular weight excluding hydrogens is 388 g/mol. The SMILES string of the molecule is CCSC(=O)C1=C(C)NC2=C(C(=O)c3ccccc32)C1c1cccc([N+](=O)[O-])c1. The van der Waals surface area contributed by atoms with Crippen LogP contribution in [0, 0.1) is 10.1 Å². The number of rotatable bonds is 4. The first kappa shape index (κ1) is 19.1. The quantitative estimate of drug-likeness (QED) is 0.596. The van der Waals surface area contributed by atoms with E-state index in [1.807, 2.05) is 26.0 Å². The molecule has 2 aromatic rings. The molecule has 1 heterocycles. The van der Waals surface area contributed by atoms with Crippen molar-refractivity contribution in [3.8, 4) is 0 Å². The fourth-order valence-electron chi connectivity index (χ4n) is 3.96. The summed E-state index contributed by atoms with van der Waals surface area (Å²) < 4.78 is 0. The van der Waals surface area contributed by atoms with Crippen molar-refractivity contribution in [3.63, 3.8) is 0 Å². The summed E-state index contributed by atoms with van der Waals surface area (Å²) in [6.07, 6.45) is 0. The number of benzene rings is 2. The highest BCUT2D eigenvalue weighted by atomic mass is 32.2. The van der Waals surface area contributed by atoms with Gasteiger partial charge in [-0.1, -0.05) is 55.1 Å². The van der Waals surface area contributed by atoms with E-state index >= 15 is 0 Å². The van der Waals surface area contributed by atoms with E-state index < -0.39 is 10.8 Å². The van der Waals surface area contributed by atoms with Crippen LogP contribution in [0.25, 0.3) is 5.70 Å². The van der Waals surface area contributed by atoms with E-state index in [0.29, 0.717) is 39.4 Å². The van der Waals surface area contributed by atoms with E-state index in [2.05, 4.69) is 5.32 Å². The number of fused-ring (bicyclic) bond motifs is 2. The Kier molecular flexibility index (Phi) is 4.84. The second-order valence-electron chi connectivity index (χ2n) is 6.83. The number of nitro groups is 1. The highest BCUT2D eigenvalue weighted by Gasteiger charge is 2.42. The van der Waals surface area contributed by atoms with Crippen LogP contribution in [0.15, 0.2) is 65.4 Å². The summed E-state index contributed by atoms with van der Waals surface area (Å²) in [7, 11) is 0. The van der Waals surface area contributed by atoms with E-state index in [-0.39, 0.29) is 16.6 Å². The van der Waals surface area contributed by atoms with Crippen LogP contribution in [0.5, 0.6) is 0 Å². The molecular formula is C22H18N2O4S. The smallest absolute Gasteiger partial charge is 0.269 e. The van der Waals surface area contributed by atoms with Gasteiger partial charge in [0.2, 0.25) is 5.12 Å². The standard InChI is InChI=1S/C22H18N2O4S/c1-3-29-22(26)17-12(2)23-20-15-9-4-5-10-16(15)21(25)19(20)18(17)13-7-6-8-14(11-13)24(27)28/h4-11,18,23H,3H2,1-2H3. The molecule has 29 heavy (non-hydrogen) atoms. The number of nitro benzene ring substituents is 1. The zero-order chi connectivity index (χ0) is 20.7. The van der Waals surface area contributed by atoms with E-state index in [4.69, 9.17) is 0 Å². The van der Waals surface area contributed by atoms with Gasteiger partial charge in [-0.3, -0.25) is 19.7 Å². The molecule has 0 saturated carbocycles. The van der Waals surface area contributed by atoms with Gasteiger partial charge in [0, 0.05) is 46.0 Å². The topological polar surface area (TPSA) is 89.3 Å². The van der Waals surface area contributed by atoms with Crippen molar-refractivity contribution in [2.24, 2.45) is 0 Å². The number of nitrogens with one attached hydrogen (secondary N) is 1. The highest BCUT2D eigenvalue weighted by molar-refractivity contribution is 8.14. The van der Waals surface area contributed by atoms with Gasteiger partial charge < -0.3 is 5.32 Å². The number of hydrogen-bond acceptors (Lipinski definition) is 6. The number of thioether (sulfide) groups is 1. The Morgan fingerprint density at radius 3 is 2.59 bits per heavy atom. The van der Waals surface area contributed by atoms with Crippen molar-refractivity contribution in [1.82, 2.24) is 5.32 Å². The van der Waals surface area contributed by atoms with Gasteiger partial charge in [0.25, 0.3) is 5.69 Å². The average Bonchev–Trinajstić information content (AvgIpc) is 2.99. The van der Waals surface area contributed by atoms with Gasteiger partial charge in [0.1, 0.15) is 0 Å². The van der Waals surface area contributed by atoms with Gasteiger partial charge >= 0.3 is 0 Å². The van der Waals surface area contributed by atoms with E-state index in [0.717, 1.165) is 5.56 Å². The minimum absolute atomic E-state index is 0.0706. The molecule has 6 nitrogen and oxygen atoms in total. The van der Waals surface area contributed by atoms with Crippen molar-refractivity contribution in [1.29, 1.82) is 0 Å². The first-order valence-corrected chi connectivity index (χ1v) is 10.2. The summed E-state index contributed by atoms with van der Waals surface area (Å²) in [5, 5.41) is 14.4. The van der Waals surface area contributed by atoms with Gasteiger partial charge in [-0.15, -0.1) is 0 Å². The van der Waals surface area contributed by atoms with Crippen LogP contribution < -0.4 is 5.32 Å². The summed E-state index contributed by atoms with van der Waals surface area (Å²) in [5.74, 6) is -0.214. The van der Waals surface area contributed by atoms with Gasteiger partial charge in [-0.25, -0.2) is 0 Å². The van der Waals surface area contributed by atoms with Crippen LogP contribution >= 0.6 is 11.8 Å². The maximum Gasteiger partial charge on any atom is 0.269 e. The van der Waals surface area contributed by atoms with Crippen LogP contribution in [0.3, 0.4) is 0 Å². The van der Waals surface area contributed by atoms with E-state index in [1.165, 1.54) is 23.9 Å². The lowest BCUT2D eigenvalue weighted by Crippen LogP contribution is -2.27. The van der Waals surface area contributed by atoms with Crippen molar-refractivity contribution >= 4 is 34.0 Å². The number of hydrogen-bond donors (Lipinski definition) is 1. The molecule has 0 fully saturated rings. The maximum absolute atomic E-state index is 13.3. The van der Waals surface area contributed by atoms with Crippen LogP contribution in [0.2, 0.25) is 0 Å². The van der Waals surface area contributed by atoms with Gasteiger partial charge in [0.15, 0.2) is 5.78 Å². The summed E-state index contributed by atoms with van der Waals surface area (Å²) in [6, 6.07) is 13.5. The summed E-state index contributed by atoms with van der Waals surface area (Å²) in [5.41, 5.74) is 4.14. The summed E-state index contributed by atoms with van der Waals surface area (Å²) in [6.45, 7) is 3.70. The molecule has 1 atom stereocenters. The first-order chi connectivity index (χ1) is 13.9. The van der Waals surface area contributed by atoms with Crippen molar-refractivity contribution in [2.45, 2.75) is 19.8 Å². The second kappa shape index (κ2) is 7.33. The number of dihydropyridines is 1. The molecule has 0 radical (unpaired) electrons. The number of Topliss-reactive ketones (excluding diaryl/α,β-unsaturated/α-hetero) is 1. The molecule has 0 saturated heterocycles. The molecule has 4 rings (SSSR count). The monoisotopic (exact) mass is 406 g/mol. The first-order valence-electron chi connectivity index (χ1n) is 9.21. The van der Waals surface area contributed by atoms with Crippen LogP contribution in [-0.2, 0) is 4.79 Å². The molecule has 2 aliphatic rings. The van der Waals surface area contributed by atoms with Crippen LogP contribution in [0.1, 0.15) is 41.3 Å². The molecule has 1 aliphatic heterocycles. The third kappa shape index (κ3) is 3.07. The van der Waals surface area contributed by atoms with Crippen molar-refractivity contribution in [2.75, 3.05) is 5.75 Å². The molecule has 0 amide bonds. The van der Waals surface area contributed by atoms with Gasteiger partial charge in [-0.05, 0) is 18.2 Å². The highest BCUT2D eigenvalue weighted by Crippen LogP contribution is 2.47. The zero-order valence-electron chi connectivity index (χ0n) is 15.9. The fraction of sp³-hybridized carbons (Fsp3) is 0.182. The molecule has 1 aliphatic carbocycles. The van der Waals surface area contributed by atoms with Gasteiger partial charge in [-0.2, -0.15) is 0 Å². The third-order valence-corrected chi connectivity index (χ3v) is 5.93. The van der Waals surface area contributed by atoms with Crippen molar-refractivity contribution in [3.05, 3.63) is 92.2 Å². The number of ketones is 1. The summed E-state index contributed by atoms with van der Waals surface area (Å²) in [4.78, 5) is 37.1. The number of nitrogens with zero attached hydrogens (tertiary/aromatic N) is 1. The minimum Gasteiger partial charge on any atom is -0.358 e. The van der Waals surface area contributed by atoms with Gasteiger partial charge in [0.05, 0.1) is 10.6 Å². The maximum atomic E-state index is 13.3. The Labute approximate surface area is 171 Å². The Balaban J connectivity index is 1.94. The van der Waals surface area contributed by atoms with E-state index in [9.17, 15) is 19.7 Å². The zero-order valence-corrected chi connectivity index (χ0v) is 16.7. The Hall–Kier alpha value is -3.19. The van der Waals surface area contributed by atoms with Crippen LogP contribution in [0.4, 0.5) is 5.69 Å².